The van der Waals surface area contributed by atoms with Gasteiger partial charge in [0.05, 0.1) is 0 Å². The van der Waals surface area contributed by atoms with E-state index in [1.807, 2.05) is 0 Å². The van der Waals surface area contributed by atoms with E-state index in [-0.39, 0.29) is 0 Å². The molecule has 0 saturated heterocycles. The second kappa shape index (κ2) is 7.64. The van der Waals surface area contributed by atoms with E-state index < -0.39 is 0 Å². The summed E-state index contributed by atoms with van der Waals surface area (Å²) in [6.45, 7) is 17.6. The van der Waals surface area contributed by atoms with E-state index in [1.165, 1.54) is 32.2 Å². The molecule has 2 heteroatoms. The van der Waals surface area contributed by atoms with Crippen LogP contribution in [0.1, 0.15) is 74.1 Å². The van der Waals surface area contributed by atoms with Crippen molar-refractivity contribution < 1.29 is 0 Å². The monoisotopic (exact) mass is 268 g/mol. The van der Waals surface area contributed by atoms with Gasteiger partial charge in [0.1, 0.15) is 0 Å². The lowest BCUT2D eigenvalue weighted by molar-refractivity contribution is 0.0486. The summed E-state index contributed by atoms with van der Waals surface area (Å²) in [4.78, 5) is 5.41. The van der Waals surface area contributed by atoms with E-state index in [0.29, 0.717) is 18.1 Å². The molecule has 0 aromatic heterocycles. The summed E-state index contributed by atoms with van der Waals surface area (Å²) in [7, 11) is 0. The SMILES string of the molecule is CCN(C(C)C)C1CCC(N(C(C)C)C(C)C)CC1. The summed E-state index contributed by atoms with van der Waals surface area (Å²) in [5.74, 6) is 0. The topological polar surface area (TPSA) is 6.48 Å². The molecule has 0 unspecified atom stereocenters. The van der Waals surface area contributed by atoms with Crippen molar-refractivity contribution >= 4 is 0 Å². The third kappa shape index (κ3) is 4.46. The maximum Gasteiger partial charge on any atom is 0.0102 e. The molecule has 19 heavy (non-hydrogen) atoms. The van der Waals surface area contributed by atoms with Gasteiger partial charge in [0, 0.05) is 30.2 Å². The van der Waals surface area contributed by atoms with Crippen LogP contribution in [0.3, 0.4) is 0 Å². The molecule has 0 aromatic carbocycles. The molecule has 1 fully saturated rings. The van der Waals surface area contributed by atoms with Crippen LogP contribution < -0.4 is 0 Å². The van der Waals surface area contributed by atoms with Gasteiger partial charge in [-0.3, -0.25) is 9.80 Å². The molecule has 0 spiro atoms. The molecular formula is C17H36N2. The summed E-state index contributed by atoms with van der Waals surface area (Å²) >= 11 is 0. The van der Waals surface area contributed by atoms with Crippen LogP contribution in [0, 0.1) is 0 Å². The van der Waals surface area contributed by atoms with Gasteiger partial charge in [-0.1, -0.05) is 6.92 Å². The van der Waals surface area contributed by atoms with Gasteiger partial charge in [-0.2, -0.15) is 0 Å². The van der Waals surface area contributed by atoms with E-state index in [2.05, 4.69) is 58.3 Å². The summed E-state index contributed by atoms with van der Waals surface area (Å²) < 4.78 is 0. The van der Waals surface area contributed by atoms with Gasteiger partial charge in [-0.15, -0.1) is 0 Å². The fourth-order valence-corrected chi connectivity index (χ4v) is 4.17. The Labute approximate surface area is 121 Å². The molecule has 0 heterocycles. The van der Waals surface area contributed by atoms with Gasteiger partial charge in [0.25, 0.3) is 0 Å². The van der Waals surface area contributed by atoms with E-state index >= 15 is 0 Å². The van der Waals surface area contributed by atoms with Crippen LogP contribution in [0.25, 0.3) is 0 Å². The minimum Gasteiger partial charge on any atom is -0.298 e. The van der Waals surface area contributed by atoms with Gasteiger partial charge < -0.3 is 0 Å². The first kappa shape index (κ1) is 17.0. The van der Waals surface area contributed by atoms with Crippen LogP contribution in [0.15, 0.2) is 0 Å². The number of hydrogen-bond donors (Lipinski definition) is 0. The minimum atomic E-state index is 0.675. The molecule has 0 bridgehead atoms. The Hall–Kier alpha value is -0.0800. The first-order valence-electron chi connectivity index (χ1n) is 8.41. The van der Waals surface area contributed by atoms with Crippen molar-refractivity contribution in [1.29, 1.82) is 0 Å². The summed E-state index contributed by atoms with van der Waals surface area (Å²) in [5.41, 5.74) is 0. The molecule has 2 nitrogen and oxygen atoms in total. The van der Waals surface area contributed by atoms with Crippen LogP contribution in [-0.4, -0.2) is 46.6 Å². The van der Waals surface area contributed by atoms with Gasteiger partial charge in [0.15, 0.2) is 0 Å². The summed E-state index contributed by atoms with van der Waals surface area (Å²) in [5, 5.41) is 0. The smallest absolute Gasteiger partial charge is 0.0102 e. The Morgan fingerprint density at radius 2 is 1.16 bits per heavy atom. The van der Waals surface area contributed by atoms with E-state index in [4.69, 9.17) is 0 Å². The van der Waals surface area contributed by atoms with Crippen LogP contribution >= 0.6 is 0 Å². The van der Waals surface area contributed by atoms with Crippen molar-refractivity contribution in [2.45, 2.75) is 104 Å². The molecule has 0 radical (unpaired) electrons. The largest absolute Gasteiger partial charge is 0.298 e. The Bertz CT molecular complexity index is 232. The Kier molecular flexibility index (Phi) is 6.82. The van der Waals surface area contributed by atoms with Crippen molar-refractivity contribution in [2.75, 3.05) is 6.54 Å². The number of nitrogens with zero attached hydrogens (tertiary/aromatic N) is 2. The molecule has 0 aliphatic heterocycles. The van der Waals surface area contributed by atoms with E-state index in [0.717, 1.165) is 12.1 Å². The van der Waals surface area contributed by atoms with E-state index in [9.17, 15) is 0 Å². The van der Waals surface area contributed by atoms with Crippen molar-refractivity contribution in [3.8, 4) is 0 Å². The predicted octanol–water partition coefficient (Wildman–Crippen LogP) is 4.15. The molecule has 1 rings (SSSR count). The molecule has 0 atom stereocenters. The molecule has 1 aliphatic rings. The highest BCUT2D eigenvalue weighted by atomic mass is 15.2. The molecule has 114 valence electrons. The number of hydrogen-bond acceptors (Lipinski definition) is 2. The van der Waals surface area contributed by atoms with Gasteiger partial charge in [-0.25, -0.2) is 0 Å². The Balaban J connectivity index is 2.56. The van der Waals surface area contributed by atoms with Crippen LogP contribution in [0.4, 0.5) is 0 Å². The van der Waals surface area contributed by atoms with Crippen molar-refractivity contribution in [1.82, 2.24) is 9.80 Å². The van der Waals surface area contributed by atoms with Gasteiger partial charge >= 0.3 is 0 Å². The normalized spacial score (nSPS) is 25.3. The lowest BCUT2D eigenvalue weighted by atomic mass is 9.87. The average molecular weight is 268 g/mol. The first-order chi connectivity index (χ1) is 8.88. The second-order valence-electron chi connectivity index (χ2n) is 7.02. The zero-order valence-corrected chi connectivity index (χ0v) is 14.3. The van der Waals surface area contributed by atoms with Gasteiger partial charge in [-0.05, 0) is 73.8 Å². The second-order valence-corrected chi connectivity index (χ2v) is 7.02. The lowest BCUT2D eigenvalue weighted by Crippen LogP contribution is -2.50. The molecule has 0 aromatic rings. The Morgan fingerprint density at radius 3 is 1.47 bits per heavy atom. The highest BCUT2D eigenvalue weighted by Gasteiger charge is 2.31. The highest BCUT2D eigenvalue weighted by Crippen LogP contribution is 2.29. The molecule has 0 N–H and O–H groups in total. The lowest BCUT2D eigenvalue weighted by Gasteiger charge is -2.44. The zero-order chi connectivity index (χ0) is 14.6. The standard InChI is InChI=1S/C17H36N2/c1-8-18(13(2)3)16-9-11-17(12-10-16)19(14(4)5)15(6)7/h13-17H,8-12H2,1-7H3. The van der Waals surface area contributed by atoms with Crippen LogP contribution in [0.2, 0.25) is 0 Å². The highest BCUT2D eigenvalue weighted by molar-refractivity contribution is 4.87. The predicted molar refractivity (Wildman–Crippen MR) is 85.7 cm³/mol. The van der Waals surface area contributed by atoms with Gasteiger partial charge in [0.2, 0.25) is 0 Å². The Morgan fingerprint density at radius 1 is 0.737 bits per heavy atom. The van der Waals surface area contributed by atoms with Crippen LogP contribution in [0.5, 0.6) is 0 Å². The molecule has 1 aliphatic carbocycles. The zero-order valence-electron chi connectivity index (χ0n) is 14.3. The third-order valence-corrected chi connectivity index (χ3v) is 4.78. The summed E-state index contributed by atoms with van der Waals surface area (Å²) in [6, 6.07) is 3.67. The van der Waals surface area contributed by atoms with Crippen molar-refractivity contribution in [3.63, 3.8) is 0 Å². The van der Waals surface area contributed by atoms with E-state index in [1.54, 1.807) is 0 Å². The van der Waals surface area contributed by atoms with Crippen molar-refractivity contribution in [2.24, 2.45) is 0 Å². The molecule has 0 amide bonds. The third-order valence-electron chi connectivity index (χ3n) is 4.78. The quantitative estimate of drug-likeness (QED) is 0.714. The minimum absolute atomic E-state index is 0.675. The average Bonchev–Trinajstić information content (AvgIpc) is 2.30. The maximum atomic E-state index is 2.72. The maximum absolute atomic E-state index is 2.72. The first-order valence-corrected chi connectivity index (χ1v) is 8.41. The molecular weight excluding hydrogens is 232 g/mol. The molecule has 1 saturated carbocycles. The van der Waals surface area contributed by atoms with Crippen LogP contribution in [-0.2, 0) is 0 Å². The fourth-order valence-electron chi connectivity index (χ4n) is 4.17. The fraction of sp³-hybridized carbons (Fsp3) is 1.00. The summed E-state index contributed by atoms with van der Waals surface area (Å²) in [6.07, 6.45) is 5.52. The number of rotatable bonds is 6. The van der Waals surface area contributed by atoms with Crippen molar-refractivity contribution in [3.05, 3.63) is 0 Å².